The van der Waals surface area contributed by atoms with Crippen molar-refractivity contribution in [3.8, 4) is 5.75 Å². The lowest BCUT2D eigenvalue weighted by Crippen LogP contribution is -2.37. The van der Waals surface area contributed by atoms with E-state index >= 15 is 0 Å². The Morgan fingerprint density at radius 3 is 2.95 bits per heavy atom. The van der Waals surface area contributed by atoms with Gasteiger partial charge in [0.2, 0.25) is 0 Å². The number of rotatable bonds is 6. The molecule has 20 heavy (non-hydrogen) atoms. The first-order valence-electron chi connectivity index (χ1n) is 7.03. The molecule has 0 spiro atoms. The van der Waals surface area contributed by atoms with E-state index in [-0.39, 0.29) is 12.5 Å². The summed E-state index contributed by atoms with van der Waals surface area (Å²) in [6.45, 7) is 1.40. The SMILES string of the molecule is O=C(O)CCN(CC1Cc2cc(Cl)ccc2O1)C1CC1. The van der Waals surface area contributed by atoms with Gasteiger partial charge in [-0.3, -0.25) is 9.69 Å². The van der Waals surface area contributed by atoms with Gasteiger partial charge >= 0.3 is 5.97 Å². The van der Waals surface area contributed by atoms with Crippen LogP contribution in [-0.2, 0) is 11.2 Å². The smallest absolute Gasteiger partial charge is 0.304 e. The van der Waals surface area contributed by atoms with Gasteiger partial charge in [-0.15, -0.1) is 0 Å². The number of hydrogen-bond acceptors (Lipinski definition) is 3. The maximum Gasteiger partial charge on any atom is 0.304 e. The van der Waals surface area contributed by atoms with Gasteiger partial charge in [-0.05, 0) is 36.6 Å². The molecular formula is C15H18ClNO3. The van der Waals surface area contributed by atoms with Gasteiger partial charge in [0.15, 0.2) is 0 Å². The summed E-state index contributed by atoms with van der Waals surface area (Å²) in [5.41, 5.74) is 1.15. The fourth-order valence-electron chi connectivity index (χ4n) is 2.75. The zero-order chi connectivity index (χ0) is 14.1. The van der Waals surface area contributed by atoms with Gasteiger partial charge in [-0.1, -0.05) is 11.6 Å². The monoisotopic (exact) mass is 295 g/mol. The maximum atomic E-state index is 10.7. The van der Waals surface area contributed by atoms with Crippen LogP contribution >= 0.6 is 11.6 Å². The molecule has 1 atom stereocenters. The molecule has 1 heterocycles. The van der Waals surface area contributed by atoms with Gasteiger partial charge < -0.3 is 9.84 Å². The maximum absolute atomic E-state index is 10.7. The van der Waals surface area contributed by atoms with E-state index in [1.54, 1.807) is 0 Å². The highest BCUT2D eigenvalue weighted by atomic mass is 35.5. The highest BCUT2D eigenvalue weighted by Gasteiger charge is 2.33. The first-order chi connectivity index (χ1) is 9.61. The quantitative estimate of drug-likeness (QED) is 0.876. The molecule has 108 valence electrons. The lowest BCUT2D eigenvalue weighted by molar-refractivity contribution is -0.137. The molecule has 1 N–H and O–H groups in total. The van der Waals surface area contributed by atoms with Crippen molar-refractivity contribution >= 4 is 17.6 Å². The fraction of sp³-hybridized carbons (Fsp3) is 0.533. The first kappa shape index (κ1) is 13.7. The summed E-state index contributed by atoms with van der Waals surface area (Å²) >= 11 is 5.99. The third kappa shape index (κ3) is 3.25. The van der Waals surface area contributed by atoms with E-state index in [9.17, 15) is 4.79 Å². The van der Waals surface area contributed by atoms with Crippen LogP contribution in [0.25, 0.3) is 0 Å². The van der Waals surface area contributed by atoms with E-state index in [0.717, 1.165) is 29.3 Å². The molecule has 1 aliphatic heterocycles. The van der Waals surface area contributed by atoms with Crippen LogP contribution in [0.1, 0.15) is 24.8 Å². The average Bonchev–Trinajstić information content (AvgIpc) is 3.15. The summed E-state index contributed by atoms with van der Waals surface area (Å²) < 4.78 is 5.93. The fourth-order valence-corrected chi connectivity index (χ4v) is 2.95. The Bertz CT molecular complexity index is 516. The van der Waals surface area contributed by atoms with E-state index in [1.807, 2.05) is 18.2 Å². The lowest BCUT2D eigenvalue weighted by atomic mass is 10.1. The molecule has 0 saturated heterocycles. The van der Waals surface area contributed by atoms with Gasteiger partial charge in [0.1, 0.15) is 11.9 Å². The number of nitrogens with zero attached hydrogens (tertiary/aromatic N) is 1. The normalized spacial score (nSPS) is 20.8. The Morgan fingerprint density at radius 1 is 1.45 bits per heavy atom. The zero-order valence-corrected chi connectivity index (χ0v) is 12.0. The van der Waals surface area contributed by atoms with E-state index < -0.39 is 5.97 Å². The predicted octanol–water partition coefficient (Wildman–Crippen LogP) is 2.58. The molecule has 1 unspecified atom stereocenters. The number of halogens is 1. The topological polar surface area (TPSA) is 49.8 Å². The van der Waals surface area contributed by atoms with Gasteiger partial charge in [0, 0.05) is 30.6 Å². The average molecular weight is 296 g/mol. The van der Waals surface area contributed by atoms with Crippen molar-refractivity contribution in [3.05, 3.63) is 28.8 Å². The Balaban J connectivity index is 1.59. The second-order valence-corrected chi connectivity index (χ2v) is 6.00. The van der Waals surface area contributed by atoms with Crippen LogP contribution in [0, 0.1) is 0 Å². The third-order valence-corrected chi connectivity index (χ3v) is 4.11. The van der Waals surface area contributed by atoms with Crippen LogP contribution in [0.5, 0.6) is 5.75 Å². The molecule has 1 aliphatic carbocycles. The third-order valence-electron chi connectivity index (χ3n) is 3.88. The summed E-state index contributed by atoms with van der Waals surface area (Å²) in [6.07, 6.45) is 3.50. The molecule has 0 amide bonds. The number of carboxylic acid groups (broad SMARTS) is 1. The van der Waals surface area contributed by atoms with Crippen LogP contribution in [0.3, 0.4) is 0 Å². The van der Waals surface area contributed by atoms with E-state index in [2.05, 4.69) is 4.90 Å². The van der Waals surface area contributed by atoms with E-state index in [0.29, 0.717) is 12.6 Å². The standard InChI is InChI=1S/C15H18ClNO3/c16-11-1-4-14-10(7-11)8-13(20-14)9-17(12-2-3-12)6-5-15(18)19/h1,4,7,12-13H,2-3,5-6,8-9H2,(H,18,19). The van der Waals surface area contributed by atoms with Gasteiger partial charge in [-0.25, -0.2) is 0 Å². The number of hydrogen-bond donors (Lipinski definition) is 1. The first-order valence-corrected chi connectivity index (χ1v) is 7.40. The minimum Gasteiger partial charge on any atom is -0.488 e. The van der Waals surface area contributed by atoms with Crippen molar-refractivity contribution in [2.24, 2.45) is 0 Å². The highest BCUT2D eigenvalue weighted by Crippen LogP contribution is 2.33. The van der Waals surface area contributed by atoms with Crippen molar-refractivity contribution < 1.29 is 14.6 Å². The van der Waals surface area contributed by atoms with Crippen molar-refractivity contribution in [2.75, 3.05) is 13.1 Å². The Labute approximate surface area is 123 Å². The molecule has 3 rings (SSSR count). The summed E-state index contributed by atoms with van der Waals surface area (Å²) in [5, 5.41) is 9.56. The molecule has 0 radical (unpaired) electrons. The van der Waals surface area contributed by atoms with E-state index in [1.165, 1.54) is 12.8 Å². The summed E-state index contributed by atoms with van der Waals surface area (Å²) in [4.78, 5) is 13.0. The second kappa shape index (κ2) is 5.62. The molecule has 1 aromatic carbocycles. The van der Waals surface area contributed by atoms with Crippen LogP contribution < -0.4 is 4.74 Å². The van der Waals surface area contributed by atoms with Crippen LogP contribution in [-0.4, -0.2) is 41.2 Å². The molecule has 1 aromatic rings. The van der Waals surface area contributed by atoms with Gasteiger partial charge in [0.05, 0.1) is 6.42 Å². The minimum atomic E-state index is -0.738. The second-order valence-electron chi connectivity index (χ2n) is 5.57. The summed E-state index contributed by atoms with van der Waals surface area (Å²) in [5.74, 6) is 0.173. The van der Waals surface area contributed by atoms with E-state index in [4.69, 9.17) is 21.4 Å². The van der Waals surface area contributed by atoms with Crippen molar-refractivity contribution in [2.45, 2.75) is 37.8 Å². The highest BCUT2D eigenvalue weighted by molar-refractivity contribution is 6.30. The molecule has 2 aliphatic rings. The molecule has 5 heteroatoms. The largest absolute Gasteiger partial charge is 0.488 e. The molecule has 1 fully saturated rings. The molecule has 0 aromatic heterocycles. The number of ether oxygens (including phenoxy) is 1. The van der Waals surface area contributed by atoms with Crippen molar-refractivity contribution in [1.29, 1.82) is 0 Å². The number of fused-ring (bicyclic) bond motifs is 1. The number of carbonyl (C=O) groups is 1. The van der Waals surface area contributed by atoms with Gasteiger partial charge in [0.25, 0.3) is 0 Å². The van der Waals surface area contributed by atoms with Crippen molar-refractivity contribution in [1.82, 2.24) is 4.90 Å². The summed E-state index contributed by atoms with van der Waals surface area (Å²) in [6, 6.07) is 6.25. The Kier molecular flexibility index (Phi) is 3.85. The summed E-state index contributed by atoms with van der Waals surface area (Å²) in [7, 11) is 0. The number of aliphatic carboxylic acids is 1. The minimum absolute atomic E-state index is 0.109. The predicted molar refractivity (Wildman–Crippen MR) is 76.4 cm³/mol. The van der Waals surface area contributed by atoms with Gasteiger partial charge in [-0.2, -0.15) is 0 Å². The molecule has 1 saturated carbocycles. The van der Waals surface area contributed by atoms with Crippen molar-refractivity contribution in [3.63, 3.8) is 0 Å². The Morgan fingerprint density at radius 2 is 2.25 bits per heavy atom. The molecule has 4 nitrogen and oxygen atoms in total. The Hall–Kier alpha value is -1.26. The molecular weight excluding hydrogens is 278 g/mol. The van der Waals surface area contributed by atoms with Crippen LogP contribution in [0.15, 0.2) is 18.2 Å². The number of benzene rings is 1. The molecule has 0 bridgehead atoms. The van der Waals surface area contributed by atoms with Crippen LogP contribution in [0.2, 0.25) is 5.02 Å². The lowest BCUT2D eigenvalue weighted by Gasteiger charge is -2.24. The number of carboxylic acids is 1. The zero-order valence-electron chi connectivity index (χ0n) is 11.2. The van der Waals surface area contributed by atoms with Crippen LogP contribution in [0.4, 0.5) is 0 Å².